The molecule has 74 valence electrons. The highest BCUT2D eigenvalue weighted by molar-refractivity contribution is 5.89. The summed E-state index contributed by atoms with van der Waals surface area (Å²) in [5, 5.41) is 9.00. The molecule has 0 amide bonds. The van der Waals surface area contributed by atoms with Gasteiger partial charge in [0.1, 0.15) is 17.1 Å². The van der Waals surface area contributed by atoms with Crippen LogP contribution in [-0.2, 0) is 0 Å². The van der Waals surface area contributed by atoms with Crippen LogP contribution < -0.4 is 0 Å². The van der Waals surface area contributed by atoms with Crippen molar-refractivity contribution in [3.8, 4) is 0 Å². The Hall–Kier alpha value is -1.25. The molecule has 0 spiro atoms. The van der Waals surface area contributed by atoms with E-state index in [0.717, 1.165) is 37.2 Å². The van der Waals surface area contributed by atoms with Crippen LogP contribution in [0.15, 0.2) is 10.5 Å². The van der Waals surface area contributed by atoms with Crippen LogP contribution in [0.5, 0.6) is 0 Å². The number of hydrogen-bond donors (Lipinski definition) is 1. The van der Waals surface area contributed by atoms with Gasteiger partial charge in [-0.3, -0.25) is 0 Å². The molecule has 0 saturated heterocycles. The molecule has 2 aliphatic rings. The van der Waals surface area contributed by atoms with Crippen molar-refractivity contribution in [3.63, 3.8) is 0 Å². The number of carboxylic acids is 1. The Labute approximate surface area is 81.7 Å². The predicted molar refractivity (Wildman–Crippen MR) is 49.6 cm³/mol. The van der Waals surface area contributed by atoms with E-state index in [4.69, 9.17) is 9.52 Å². The summed E-state index contributed by atoms with van der Waals surface area (Å²) >= 11 is 0. The minimum Gasteiger partial charge on any atom is -0.478 e. The van der Waals surface area contributed by atoms with Gasteiger partial charge in [0.2, 0.25) is 0 Å². The molecule has 3 nitrogen and oxygen atoms in total. The van der Waals surface area contributed by atoms with Crippen molar-refractivity contribution in [2.45, 2.75) is 37.5 Å². The van der Waals surface area contributed by atoms with Gasteiger partial charge >= 0.3 is 5.97 Å². The number of furan rings is 1. The zero-order valence-corrected chi connectivity index (χ0v) is 7.82. The summed E-state index contributed by atoms with van der Waals surface area (Å²) in [5.41, 5.74) is 0.398. The molecule has 1 aromatic heterocycles. The number of hydrogen-bond acceptors (Lipinski definition) is 2. The normalized spacial score (nSPS) is 21.1. The largest absolute Gasteiger partial charge is 0.478 e. The van der Waals surface area contributed by atoms with Crippen molar-refractivity contribution >= 4 is 5.97 Å². The first kappa shape index (κ1) is 8.09. The summed E-state index contributed by atoms with van der Waals surface area (Å²) in [4.78, 5) is 11.0. The lowest BCUT2D eigenvalue weighted by Crippen LogP contribution is -1.97. The van der Waals surface area contributed by atoms with E-state index < -0.39 is 5.97 Å². The van der Waals surface area contributed by atoms with Gasteiger partial charge in [0, 0.05) is 11.8 Å². The molecule has 2 saturated carbocycles. The lowest BCUT2D eigenvalue weighted by atomic mass is 10.2. The van der Waals surface area contributed by atoms with Crippen LogP contribution in [0, 0.1) is 0 Å². The molecule has 1 heterocycles. The Balaban J connectivity index is 2.01. The molecule has 0 radical (unpaired) electrons. The van der Waals surface area contributed by atoms with Crippen molar-refractivity contribution in [1.82, 2.24) is 0 Å². The third-order valence-electron chi connectivity index (χ3n) is 2.94. The lowest BCUT2D eigenvalue weighted by Gasteiger charge is -1.93. The fourth-order valence-electron chi connectivity index (χ4n) is 1.81. The molecule has 0 aliphatic heterocycles. The molecule has 1 aromatic rings. The molecular weight excluding hydrogens is 180 g/mol. The average molecular weight is 192 g/mol. The first-order valence-corrected chi connectivity index (χ1v) is 5.12. The first-order chi connectivity index (χ1) is 6.75. The molecular formula is C11H12O3. The lowest BCUT2D eigenvalue weighted by molar-refractivity contribution is 0.0694. The highest BCUT2D eigenvalue weighted by Crippen LogP contribution is 2.47. The smallest absolute Gasteiger partial charge is 0.339 e. The van der Waals surface area contributed by atoms with Crippen molar-refractivity contribution in [3.05, 3.63) is 23.2 Å². The zero-order valence-electron chi connectivity index (χ0n) is 7.82. The van der Waals surface area contributed by atoms with Crippen LogP contribution in [-0.4, -0.2) is 11.1 Å². The molecule has 2 aliphatic carbocycles. The Bertz CT molecular complexity index is 383. The van der Waals surface area contributed by atoms with Crippen molar-refractivity contribution in [2.24, 2.45) is 0 Å². The van der Waals surface area contributed by atoms with E-state index in [2.05, 4.69) is 0 Å². The van der Waals surface area contributed by atoms with Crippen molar-refractivity contribution in [1.29, 1.82) is 0 Å². The number of rotatable bonds is 3. The standard InChI is InChI=1S/C11H12O3/c12-11(13)8-5-9(6-1-2-6)14-10(8)7-3-4-7/h5-7H,1-4H2,(H,12,13). The molecule has 0 aromatic carbocycles. The van der Waals surface area contributed by atoms with Gasteiger partial charge in [0.15, 0.2) is 0 Å². The van der Waals surface area contributed by atoms with Crippen LogP contribution in [0.1, 0.15) is 59.4 Å². The van der Waals surface area contributed by atoms with Gasteiger partial charge in [0.25, 0.3) is 0 Å². The van der Waals surface area contributed by atoms with Gasteiger partial charge in [-0.05, 0) is 31.7 Å². The van der Waals surface area contributed by atoms with Gasteiger partial charge in [-0.25, -0.2) is 4.79 Å². The summed E-state index contributed by atoms with van der Waals surface area (Å²) in [6, 6.07) is 1.73. The molecule has 2 fully saturated rings. The molecule has 0 unspecified atom stereocenters. The van der Waals surface area contributed by atoms with E-state index >= 15 is 0 Å². The second kappa shape index (κ2) is 2.62. The monoisotopic (exact) mass is 192 g/mol. The maximum atomic E-state index is 11.0. The summed E-state index contributed by atoms with van der Waals surface area (Å²) in [7, 11) is 0. The average Bonchev–Trinajstić information content (AvgIpc) is 3.03. The van der Waals surface area contributed by atoms with Gasteiger partial charge in [-0.1, -0.05) is 0 Å². The minimum absolute atomic E-state index is 0.383. The minimum atomic E-state index is -0.845. The SMILES string of the molecule is O=C(O)c1cc(C2CC2)oc1C1CC1. The summed E-state index contributed by atoms with van der Waals surface area (Å²) in [6.07, 6.45) is 4.46. The van der Waals surface area contributed by atoms with Crippen molar-refractivity contribution < 1.29 is 14.3 Å². The summed E-state index contributed by atoms with van der Waals surface area (Å²) in [6.45, 7) is 0. The van der Waals surface area contributed by atoms with Crippen LogP contribution in [0.2, 0.25) is 0 Å². The Morgan fingerprint density at radius 1 is 1.29 bits per heavy atom. The number of aromatic carboxylic acids is 1. The Morgan fingerprint density at radius 2 is 1.93 bits per heavy atom. The fourth-order valence-corrected chi connectivity index (χ4v) is 1.81. The first-order valence-electron chi connectivity index (χ1n) is 5.12. The van der Waals surface area contributed by atoms with Gasteiger partial charge in [0.05, 0.1) is 0 Å². The molecule has 0 bridgehead atoms. The quantitative estimate of drug-likeness (QED) is 0.801. The number of carbonyl (C=O) groups is 1. The van der Waals surface area contributed by atoms with Crippen LogP contribution in [0.3, 0.4) is 0 Å². The second-order valence-electron chi connectivity index (χ2n) is 4.28. The maximum absolute atomic E-state index is 11.0. The molecule has 1 N–H and O–H groups in total. The van der Waals surface area contributed by atoms with Gasteiger partial charge in [-0.2, -0.15) is 0 Å². The molecule has 3 rings (SSSR count). The van der Waals surface area contributed by atoms with E-state index in [-0.39, 0.29) is 0 Å². The highest BCUT2D eigenvalue weighted by atomic mass is 16.4. The fraction of sp³-hybridized carbons (Fsp3) is 0.545. The predicted octanol–water partition coefficient (Wildman–Crippen LogP) is 2.73. The van der Waals surface area contributed by atoms with E-state index in [1.165, 1.54) is 0 Å². The third kappa shape index (κ3) is 1.24. The van der Waals surface area contributed by atoms with E-state index in [1.807, 2.05) is 0 Å². The van der Waals surface area contributed by atoms with E-state index in [0.29, 0.717) is 17.4 Å². The van der Waals surface area contributed by atoms with Crippen LogP contribution >= 0.6 is 0 Å². The van der Waals surface area contributed by atoms with E-state index in [1.54, 1.807) is 6.07 Å². The van der Waals surface area contributed by atoms with Crippen molar-refractivity contribution in [2.75, 3.05) is 0 Å². The highest BCUT2D eigenvalue weighted by Gasteiger charge is 2.35. The van der Waals surface area contributed by atoms with Crippen LogP contribution in [0.4, 0.5) is 0 Å². The topological polar surface area (TPSA) is 50.4 Å². The Morgan fingerprint density at radius 3 is 2.43 bits per heavy atom. The summed E-state index contributed by atoms with van der Waals surface area (Å²) < 4.78 is 5.64. The summed E-state index contributed by atoms with van der Waals surface area (Å²) in [5.74, 6) is 1.65. The zero-order chi connectivity index (χ0) is 9.71. The van der Waals surface area contributed by atoms with Crippen LogP contribution in [0.25, 0.3) is 0 Å². The Kier molecular flexibility index (Phi) is 1.52. The number of carboxylic acid groups (broad SMARTS) is 1. The molecule has 3 heteroatoms. The molecule has 14 heavy (non-hydrogen) atoms. The van der Waals surface area contributed by atoms with Gasteiger partial charge < -0.3 is 9.52 Å². The molecule has 0 atom stereocenters. The van der Waals surface area contributed by atoms with E-state index in [9.17, 15) is 4.79 Å². The third-order valence-corrected chi connectivity index (χ3v) is 2.94. The van der Waals surface area contributed by atoms with Gasteiger partial charge in [-0.15, -0.1) is 0 Å². The maximum Gasteiger partial charge on any atom is 0.339 e. The second-order valence-corrected chi connectivity index (χ2v) is 4.28.